The van der Waals surface area contributed by atoms with Crippen LogP contribution in [-0.4, -0.2) is 28.2 Å². The summed E-state index contributed by atoms with van der Waals surface area (Å²) in [5.74, 6) is 2.25. The second-order valence-electron chi connectivity index (χ2n) is 7.01. The van der Waals surface area contributed by atoms with Gasteiger partial charge in [0.2, 0.25) is 11.7 Å². The van der Waals surface area contributed by atoms with Crippen molar-refractivity contribution in [2.45, 2.75) is 39.3 Å². The van der Waals surface area contributed by atoms with E-state index in [1.807, 2.05) is 19.1 Å². The van der Waals surface area contributed by atoms with Gasteiger partial charge >= 0.3 is 0 Å². The summed E-state index contributed by atoms with van der Waals surface area (Å²) in [5.41, 5.74) is 3.52. The standard InChI is InChI=1S/C22H25N3O2/c1-3-26-19-12-10-17(11-13-19)20-5-4-14-25(20)15-21-23-22(24-27-21)18-8-6-16(2)7-9-18/h6-13,20H,3-5,14-15H2,1-2H3/t20-/m1/s1. The van der Waals surface area contributed by atoms with E-state index in [2.05, 4.69) is 58.4 Å². The molecule has 140 valence electrons. The molecular formula is C22H25N3O2. The third-order valence-electron chi connectivity index (χ3n) is 5.06. The summed E-state index contributed by atoms with van der Waals surface area (Å²) in [6, 6.07) is 17.0. The topological polar surface area (TPSA) is 51.4 Å². The number of aromatic nitrogens is 2. The molecule has 27 heavy (non-hydrogen) atoms. The predicted molar refractivity (Wildman–Crippen MR) is 104 cm³/mol. The Labute approximate surface area is 160 Å². The lowest BCUT2D eigenvalue weighted by Gasteiger charge is -2.23. The maximum Gasteiger partial charge on any atom is 0.241 e. The number of likely N-dealkylation sites (tertiary alicyclic amines) is 1. The summed E-state index contributed by atoms with van der Waals surface area (Å²) >= 11 is 0. The molecule has 2 heterocycles. The number of ether oxygens (including phenoxy) is 1. The van der Waals surface area contributed by atoms with Crippen LogP contribution in [-0.2, 0) is 6.54 Å². The molecule has 4 rings (SSSR count). The van der Waals surface area contributed by atoms with Gasteiger partial charge in [-0.2, -0.15) is 4.98 Å². The van der Waals surface area contributed by atoms with Gasteiger partial charge in [-0.05, 0) is 50.9 Å². The highest BCUT2D eigenvalue weighted by Crippen LogP contribution is 2.34. The van der Waals surface area contributed by atoms with Gasteiger partial charge in [-0.15, -0.1) is 0 Å². The molecular weight excluding hydrogens is 338 g/mol. The minimum absolute atomic E-state index is 0.385. The lowest BCUT2D eigenvalue weighted by atomic mass is 10.0. The molecule has 0 aliphatic carbocycles. The maximum absolute atomic E-state index is 5.55. The summed E-state index contributed by atoms with van der Waals surface area (Å²) < 4.78 is 11.1. The second-order valence-corrected chi connectivity index (χ2v) is 7.01. The van der Waals surface area contributed by atoms with Crippen molar-refractivity contribution in [2.24, 2.45) is 0 Å². The molecule has 0 unspecified atom stereocenters. The van der Waals surface area contributed by atoms with Gasteiger partial charge in [-0.3, -0.25) is 4.90 Å². The van der Waals surface area contributed by atoms with E-state index >= 15 is 0 Å². The monoisotopic (exact) mass is 363 g/mol. The van der Waals surface area contributed by atoms with Gasteiger partial charge in [0.15, 0.2) is 0 Å². The lowest BCUT2D eigenvalue weighted by Crippen LogP contribution is -2.22. The molecule has 1 atom stereocenters. The van der Waals surface area contributed by atoms with Crippen molar-refractivity contribution in [3.05, 3.63) is 65.5 Å². The first-order valence-corrected chi connectivity index (χ1v) is 9.59. The quantitative estimate of drug-likeness (QED) is 0.631. The van der Waals surface area contributed by atoms with E-state index in [1.54, 1.807) is 0 Å². The van der Waals surface area contributed by atoms with E-state index in [0.717, 1.165) is 24.3 Å². The van der Waals surface area contributed by atoms with Crippen LogP contribution < -0.4 is 4.74 Å². The van der Waals surface area contributed by atoms with E-state index in [1.165, 1.54) is 17.5 Å². The van der Waals surface area contributed by atoms with Gasteiger partial charge in [0.25, 0.3) is 0 Å². The van der Waals surface area contributed by atoms with Crippen LogP contribution in [0.5, 0.6) is 5.75 Å². The van der Waals surface area contributed by atoms with Crippen LogP contribution in [0, 0.1) is 6.92 Å². The zero-order valence-corrected chi connectivity index (χ0v) is 15.9. The average Bonchev–Trinajstić information content (AvgIpc) is 3.34. The maximum atomic E-state index is 5.55. The molecule has 0 radical (unpaired) electrons. The fraction of sp³-hybridized carbons (Fsp3) is 0.364. The van der Waals surface area contributed by atoms with Crippen molar-refractivity contribution in [1.29, 1.82) is 0 Å². The van der Waals surface area contributed by atoms with E-state index in [4.69, 9.17) is 9.26 Å². The first-order valence-electron chi connectivity index (χ1n) is 9.59. The van der Waals surface area contributed by atoms with Crippen molar-refractivity contribution in [3.63, 3.8) is 0 Å². The highest BCUT2D eigenvalue weighted by Gasteiger charge is 2.27. The fourth-order valence-electron chi connectivity index (χ4n) is 3.66. The second kappa shape index (κ2) is 7.92. The number of rotatable bonds is 6. The highest BCUT2D eigenvalue weighted by atomic mass is 16.5. The summed E-state index contributed by atoms with van der Waals surface area (Å²) in [4.78, 5) is 7.02. The Bertz CT molecular complexity index is 871. The Morgan fingerprint density at radius 1 is 1.11 bits per heavy atom. The third-order valence-corrected chi connectivity index (χ3v) is 5.06. The first-order chi connectivity index (χ1) is 13.2. The van der Waals surface area contributed by atoms with Gasteiger partial charge in [0.05, 0.1) is 13.2 Å². The van der Waals surface area contributed by atoms with Crippen LogP contribution in [0.3, 0.4) is 0 Å². The molecule has 0 N–H and O–H groups in total. The Morgan fingerprint density at radius 3 is 2.63 bits per heavy atom. The largest absolute Gasteiger partial charge is 0.494 e. The van der Waals surface area contributed by atoms with Crippen molar-refractivity contribution in [3.8, 4) is 17.1 Å². The number of hydrogen-bond acceptors (Lipinski definition) is 5. The smallest absolute Gasteiger partial charge is 0.241 e. The first kappa shape index (κ1) is 17.7. The molecule has 1 aliphatic heterocycles. The Kier molecular flexibility index (Phi) is 5.21. The SMILES string of the molecule is CCOc1ccc([C@H]2CCCN2Cc2nc(-c3ccc(C)cc3)no2)cc1. The molecule has 3 aromatic rings. The van der Waals surface area contributed by atoms with Gasteiger partial charge < -0.3 is 9.26 Å². The lowest BCUT2D eigenvalue weighted by molar-refractivity contribution is 0.212. The molecule has 1 fully saturated rings. The Hall–Kier alpha value is -2.66. The zero-order chi connectivity index (χ0) is 18.6. The van der Waals surface area contributed by atoms with Crippen molar-refractivity contribution in [1.82, 2.24) is 15.0 Å². The number of nitrogens with zero attached hydrogens (tertiary/aromatic N) is 3. The minimum atomic E-state index is 0.385. The van der Waals surface area contributed by atoms with E-state index in [-0.39, 0.29) is 0 Å². The summed E-state index contributed by atoms with van der Waals surface area (Å²) in [6.45, 7) is 6.48. The normalized spacial score (nSPS) is 17.3. The van der Waals surface area contributed by atoms with Crippen LogP contribution in [0.25, 0.3) is 11.4 Å². The van der Waals surface area contributed by atoms with Gasteiger partial charge in [0.1, 0.15) is 5.75 Å². The summed E-state index contributed by atoms with van der Waals surface area (Å²) in [6.07, 6.45) is 2.32. The minimum Gasteiger partial charge on any atom is -0.494 e. The van der Waals surface area contributed by atoms with Crippen LogP contribution in [0.15, 0.2) is 53.1 Å². The summed E-state index contributed by atoms with van der Waals surface area (Å²) in [5, 5.41) is 4.16. The third kappa shape index (κ3) is 4.03. The number of benzene rings is 2. The Morgan fingerprint density at radius 2 is 1.89 bits per heavy atom. The van der Waals surface area contributed by atoms with Crippen LogP contribution in [0.1, 0.15) is 42.8 Å². The molecule has 5 heteroatoms. The average molecular weight is 363 g/mol. The molecule has 0 spiro atoms. The molecule has 1 aliphatic rings. The Balaban J connectivity index is 1.46. The highest BCUT2D eigenvalue weighted by molar-refractivity contribution is 5.54. The molecule has 1 aromatic heterocycles. The summed E-state index contributed by atoms with van der Waals surface area (Å²) in [7, 11) is 0. The number of hydrogen-bond donors (Lipinski definition) is 0. The van der Waals surface area contributed by atoms with E-state index in [0.29, 0.717) is 30.9 Å². The van der Waals surface area contributed by atoms with Crippen molar-refractivity contribution >= 4 is 0 Å². The fourth-order valence-corrected chi connectivity index (χ4v) is 3.66. The zero-order valence-electron chi connectivity index (χ0n) is 15.9. The van der Waals surface area contributed by atoms with Gasteiger partial charge in [0, 0.05) is 11.6 Å². The molecule has 1 saturated heterocycles. The molecule has 5 nitrogen and oxygen atoms in total. The number of aryl methyl sites for hydroxylation is 1. The van der Waals surface area contributed by atoms with Crippen LogP contribution in [0.2, 0.25) is 0 Å². The molecule has 0 saturated carbocycles. The van der Waals surface area contributed by atoms with Gasteiger partial charge in [-0.1, -0.05) is 47.1 Å². The van der Waals surface area contributed by atoms with Crippen molar-refractivity contribution < 1.29 is 9.26 Å². The van der Waals surface area contributed by atoms with Crippen molar-refractivity contribution in [2.75, 3.05) is 13.2 Å². The van der Waals surface area contributed by atoms with Crippen LogP contribution in [0.4, 0.5) is 0 Å². The predicted octanol–water partition coefficient (Wildman–Crippen LogP) is 4.78. The van der Waals surface area contributed by atoms with Crippen LogP contribution >= 0.6 is 0 Å². The molecule has 0 amide bonds. The van der Waals surface area contributed by atoms with Gasteiger partial charge in [-0.25, -0.2) is 0 Å². The molecule has 2 aromatic carbocycles. The van der Waals surface area contributed by atoms with E-state index < -0.39 is 0 Å². The van der Waals surface area contributed by atoms with E-state index in [9.17, 15) is 0 Å². The molecule has 0 bridgehead atoms.